The molecule has 8 nitrogen and oxygen atoms in total. The summed E-state index contributed by atoms with van der Waals surface area (Å²) in [5.74, 6) is 3.11. The van der Waals surface area contributed by atoms with Crippen LogP contribution in [0.25, 0.3) is 10.8 Å². The van der Waals surface area contributed by atoms with Gasteiger partial charge in [-0.3, -0.25) is 9.89 Å². The number of terminal acetylenes is 1. The van der Waals surface area contributed by atoms with Crippen molar-refractivity contribution in [2.45, 2.75) is 31.3 Å². The van der Waals surface area contributed by atoms with Gasteiger partial charge in [0.2, 0.25) is 5.91 Å². The molecule has 23 heavy (non-hydrogen) atoms. The largest absolute Gasteiger partial charge is 0.356 e. The first-order valence-electron chi connectivity index (χ1n) is 7.15. The molecular formula is C14H15N7OS. The van der Waals surface area contributed by atoms with Gasteiger partial charge in [-0.05, 0) is 0 Å². The molecule has 0 spiro atoms. The van der Waals surface area contributed by atoms with Crippen LogP contribution in [-0.4, -0.2) is 38.3 Å². The molecule has 0 unspecified atom stereocenters. The number of nitrogens with zero attached hydrogens (tertiary/aromatic N) is 5. The third kappa shape index (κ3) is 3.98. The molecule has 0 aromatic carbocycles. The zero-order chi connectivity index (χ0) is 16.1. The Morgan fingerprint density at radius 2 is 2.30 bits per heavy atom. The highest BCUT2D eigenvalue weighted by Gasteiger charge is 2.38. The fraction of sp³-hybridized carbons (Fsp3) is 0.429. The summed E-state index contributed by atoms with van der Waals surface area (Å²) in [4.78, 5) is 20.4. The molecular weight excluding hydrogens is 314 g/mol. The van der Waals surface area contributed by atoms with Crippen molar-refractivity contribution in [1.82, 2.24) is 25.5 Å². The van der Waals surface area contributed by atoms with Gasteiger partial charge < -0.3 is 5.32 Å². The highest BCUT2D eigenvalue weighted by Crippen LogP contribution is 2.36. The van der Waals surface area contributed by atoms with Gasteiger partial charge in [-0.25, -0.2) is 9.97 Å². The van der Waals surface area contributed by atoms with Crippen LogP contribution < -0.4 is 5.32 Å². The minimum Gasteiger partial charge on any atom is -0.356 e. The Hall–Kier alpha value is -2.60. The van der Waals surface area contributed by atoms with E-state index < -0.39 is 0 Å². The third-order valence-corrected chi connectivity index (χ3v) is 4.31. The maximum absolute atomic E-state index is 12.0. The summed E-state index contributed by atoms with van der Waals surface area (Å²) in [6.07, 6.45) is 8.97. The van der Waals surface area contributed by atoms with E-state index in [0.29, 0.717) is 35.9 Å². The molecule has 0 radical (unpaired) electrons. The molecule has 1 aliphatic heterocycles. The van der Waals surface area contributed by atoms with E-state index >= 15 is 0 Å². The molecule has 3 heterocycles. The lowest BCUT2D eigenvalue weighted by atomic mass is 10.0. The molecule has 9 heteroatoms. The Bertz CT molecular complexity index is 738. The number of carbonyl (C=O) groups excluding carboxylic acids is 1. The first-order chi connectivity index (χ1) is 11.2. The summed E-state index contributed by atoms with van der Waals surface area (Å²) in [6, 6.07) is 0. The number of thiazole rings is 1. The van der Waals surface area contributed by atoms with Crippen LogP contribution in [-0.2, 0) is 11.2 Å². The number of carbonyl (C=O) groups is 1. The highest BCUT2D eigenvalue weighted by molar-refractivity contribution is 7.13. The van der Waals surface area contributed by atoms with E-state index in [1.54, 1.807) is 0 Å². The average Bonchev–Trinajstić information content (AvgIpc) is 2.95. The van der Waals surface area contributed by atoms with E-state index in [-0.39, 0.29) is 18.0 Å². The molecule has 2 N–H and O–H groups in total. The number of amides is 1. The van der Waals surface area contributed by atoms with Gasteiger partial charge in [0.25, 0.3) is 0 Å². The summed E-state index contributed by atoms with van der Waals surface area (Å²) in [6.45, 7) is 0.523. The number of hydrogen-bond donors (Lipinski definition) is 2. The lowest BCUT2D eigenvalue weighted by molar-refractivity contribution is -0.120. The standard InChI is InChI=1S/C14H15N7OS/c1-2-3-4-14(20-21-14)5-6-15-11(22)7-10-8-23-13(18-10)12-16-9-17-19-12/h1,8-9H,3-7H2,(H,15,22)(H,16,17,19). The van der Waals surface area contributed by atoms with Gasteiger partial charge in [-0.15, -0.1) is 23.7 Å². The van der Waals surface area contributed by atoms with Crippen molar-refractivity contribution in [2.75, 3.05) is 6.54 Å². The first kappa shape index (κ1) is 15.3. The Morgan fingerprint density at radius 3 is 3.00 bits per heavy atom. The Labute approximate surface area is 136 Å². The van der Waals surface area contributed by atoms with E-state index in [9.17, 15) is 4.79 Å². The summed E-state index contributed by atoms with van der Waals surface area (Å²) in [5.41, 5.74) is 0.349. The number of aromatic nitrogens is 4. The average molecular weight is 329 g/mol. The summed E-state index contributed by atoms with van der Waals surface area (Å²) >= 11 is 1.42. The van der Waals surface area contributed by atoms with Crippen LogP contribution in [0.3, 0.4) is 0 Å². The topological polar surface area (TPSA) is 108 Å². The molecule has 2 aromatic heterocycles. The van der Waals surface area contributed by atoms with E-state index in [1.165, 1.54) is 17.7 Å². The molecule has 2 aromatic rings. The molecule has 0 saturated heterocycles. The van der Waals surface area contributed by atoms with Gasteiger partial charge in [-0.2, -0.15) is 15.3 Å². The van der Waals surface area contributed by atoms with Crippen LogP contribution in [0.15, 0.2) is 21.9 Å². The smallest absolute Gasteiger partial charge is 0.226 e. The summed E-state index contributed by atoms with van der Waals surface area (Å²) < 4.78 is 0. The van der Waals surface area contributed by atoms with E-state index in [1.807, 2.05) is 5.38 Å². The first-order valence-corrected chi connectivity index (χ1v) is 8.03. The second-order valence-electron chi connectivity index (χ2n) is 5.14. The van der Waals surface area contributed by atoms with Gasteiger partial charge in [0.05, 0.1) is 12.1 Å². The lowest BCUT2D eigenvalue weighted by Crippen LogP contribution is -2.29. The van der Waals surface area contributed by atoms with Crippen LogP contribution in [0.4, 0.5) is 0 Å². The number of rotatable bonds is 8. The second-order valence-corrected chi connectivity index (χ2v) is 6.00. The van der Waals surface area contributed by atoms with Crippen LogP contribution in [0.1, 0.15) is 25.0 Å². The monoisotopic (exact) mass is 329 g/mol. The van der Waals surface area contributed by atoms with Crippen LogP contribution >= 0.6 is 11.3 Å². The molecule has 0 atom stereocenters. The lowest BCUT2D eigenvalue weighted by Gasteiger charge is -2.09. The van der Waals surface area contributed by atoms with Crippen LogP contribution in [0, 0.1) is 12.3 Å². The fourth-order valence-corrected chi connectivity index (χ4v) is 2.87. The fourth-order valence-electron chi connectivity index (χ4n) is 2.10. The zero-order valence-electron chi connectivity index (χ0n) is 12.3. The molecule has 0 saturated carbocycles. The van der Waals surface area contributed by atoms with E-state index in [0.717, 1.165) is 6.42 Å². The SMILES string of the molecule is C#CCCC1(CCNC(=O)Cc2csc(-c3ncn[nH]3)n2)N=N1. The predicted octanol–water partition coefficient (Wildman–Crippen LogP) is 1.55. The molecule has 1 amide bonds. The quantitative estimate of drug-likeness (QED) is 0.716. The summed E-state index contributed by atoms with van der Waals surface area (Å²) in [7, 11) is 0. The van der Waals surface area contributed by atoms with Crippen molar-refractivity contribution in [3.8, 4) is 23.2 Å². The maximum atomic E-state index is 12.0. The minimum atomic E-state index is -0.361. The van der Waals surface area contributed by atoms with Crippen LogP contribution in [0.2, 0.25) is 0 Å². The van der Waals surface area contributed by atoms with Gasteiger partial charge in [0.1, 0.15) is 6.33 Å². The van der Waals surface area contributed by atoms with Crippen molar-refractivity contribution >= 4 is 17.2 Å². The normalized spacial score (nSPS) is 14.4. The van der Waals surface area contributed by atoms with Crippen molar-refractivity contribution in [1.29, 1.82) is 0 Å². The Morgan fingerprint density at radius 1 is 1.43 bits per heavy atom. The second kappa shape index (κ2) is 6.66. The number of H-pyrrole nitrogens is 1. The number of aromatic amines is 1. The van der Waals surface area contributed by atoms with E-state index in [4.69, 9.17) is 6.42 Å². The maximum Gasteiger partial charge on any atom is 0.226 e. The van der Waals surface area contributed by atoms with Crippen LogP contribution in [0.5, 0.6) is 0 Å². The predicted molar refractivity (Wildman–Crippen MR) is 84.5 cm³/mol. The molecule has 0 bridgehead atoms. The van der Waals surface area contributed by atoms with Gasteiger partial charge in [0.15, 0.2) is 16.5 Å². The molecule has 0 fully saturated rings. The Kier molecular flexibility index (Phi) is 4.43. The van der Waals surface area contributed by atoms with E-state index in [2.05, 4.69) is 41.6 Å². The van der Waals surface area contributed by atoms with Gasteiger partial charge >= 0.3 is 0 Å². The van der Waals surface area contributed by atoms with Crippen molar-refractivity contribution in [2.24, 2.45) is 10.2 Å². The van der Waals surface area contributed by atoms with Gasteiger partial charge in [-0.1, -0.05) is 0 Å². The third-order valence-electron chi connectivity index (χ3n) is 3.41. The summed E-state index contributed by atoms with van der Waals surface area (Å²) in [5, 5.41) is 20.0. The molecule has 118 valence electrons. The molecule has 0 aliphatic carbocycles. The zero-order valence-corrected chi connectivity index (χ0v) is 13.1. The minimum absolute atomic E-state index is 0.0767. The Balaban J connectivity index is 1.42. The molecule has 3 rings (SSSR count). The number of nitrogens with one attached hydrogen (secondary N) is 2. The van der Waals surface area contributed by atoms with Crippen molar-refractivity contribution in [3.05, 3.63) is 17.4 Å². The van der Waals surface area contributed by atoms with Crippen molar-refractivity contribution in [3.63, 3.8) is 0 Å². The molecule has 1 aliphatic rings. The highest BCUT2D eigenvalue weighted by atomic mass is 32.1. The number of hydrogen-bond acceptors (Lipinski definition) is 7. The van der Waals surface area contributed by atoms with Crippen molar-refractivity contribution < 1.29 is 4.79 Å². The van der Waals surface area contributed by atoms with Gasteiger partial charge in [0, 0.05) is 31.2 Å².